The summed E-state index contributed by atoms with van der Waals surface area (Å²) in [4.78, 5) is 0. The molecule has 2 rings (SSSR count). The van der Waals surface area contributed by atoms with Gasteiger partial charge in [-0.15, -0.1) is 0 Å². The Labute approximate surface area is 118 Å². The Morgan fingerprint density at radius 3 is 2.40 bits per heavy atom. The fraction of sp³-hybridized carbons (Fsp3) is 0.286. The number of nitrogens with one attached hydrogen (secondary N) is 1. The van der Waals surface area contributed by atoms with Crippen molar-refractivity contribution in [1.82, 2.24) is 5.32 Å². The fourth-order valence-corrected chi connectivity index (χ4v) is 2.43. The van der Waals surface area contributed by atoms with Crippen LogP contribution in [0.25, 0.3) is 0 Å². The van der Waals surface area contributed by atoms with E-state index in [4.69, 9.17) is 0 Å². The number of hydrogen-bond acceptors (Lipinski definition) is 3. The molecule has 0 fully saturated rings. The van der Waals surface area contributed by atoms with Crippen LogP contribution < -0.4 is 5.32 Å². The molecule has 108 valence electrons. The molecule has 0 radical (unpaired) electrons. The van der Waals surface area contributed by atoms with Crippen LogP contribution in [0.5, 0.6) is 0 Å². The zero-order valence-corrected chi connectivity index (χ0v) is 11.3. The van der Waals surface area contributed by atoms with Gasteiger partial charge >= 0.3 is 6.18 Å². The second-order valence-corrected chi connectivity index (χ2v) is 5.18. The highest BCUT2D eigenvalue weighted by molar-refractivity contribution is 7.07. The first-order valence-electron chi connectivity index (χ1n) is 6.04. The van der Waals surface area contributed by atoms with Crippen LogP contribution in [-0.2, 0) is 12.7 Å². The maximum atomic E-state index is 12.4. The van der Waals surface area contributed by atoms with Gasteiger partial charge in [0, 0.05) is 13.1 Å². The molecule has 0 bridgehead atoms. The smallest absolute Gasteiger partial charge is 0.387 e. The summed E-state index contributed by atoms with van der Waals surface area (Å²) >= 11 is 1.59. The molecular formula is C14H14F3NOS. The van der Waals surface area contributed by atoms with Crippen molar-refractivity contribution in [2.24, 2.45) is 0 Å². The Kier molecular flexibility index (Phi) is 4.80. The molecule has 0 amide bonds. The van der Waals surface area contributed by atoms with Crippen LogP contribution in [0.2, 0.25) is 0 Å². The van der Waals surface area contributed by atoms with Crippen molar-refractivity contribution in [1.29, 1.82) is 0 Å². The Hall–Kier alpha value is -1.37. The summed E-state index contributed by atoms with van der Waals surface area (Å²) in [5, 5.41) is 16.9. The van der Waals surface area contributed by atoms with Gasteiger partial charge in [0.1, 0.15) is 0 Å². The highest BCUT2D eigenvalue weighted by atomic mass is 32.1. The van der Waals surface area contributed by atoms with Crippen LogP contribution in [0.1, 0.15) is 22.8 Å². The first-order chi connectivity index (χ1) is 9.47. The van der Waals surface area contributed by atoms with E-state index in [0.717, 1.165) is 17.7 Å². The summed E-state index contributed by atoms with van der Waals surface area (Å²) in [5.41, 5.74) is 0.880. The topological polar surface area (TPSA) is 32.3 Å². The first kappa shape index (κ1) is 15.0. The van der Waals surface area contributed by atoms with Crippen molar-refractivity contribution in [3.63, 3.8) is 0 Å². The Morgan fingerprint density at radius 2 is 1.85 bits per heavy atom. The molecule has 0 aliphatic heterocycles. The van der Waals surface area contributed by atoms with Crippen LogP contribution in [0.4, 0.5) is 13.2 Å². The molecule has 2 nitrogen and oxygen atoms in total. The molecule has 0 saturated carbocycles. The SMILES string of the molecule is OC(CNCc1ccsc1)c1ccc(C(F)(F)F)cc1. The van der Waals surface area contributed by atoms with E-state index >= 15 is 0 Å². The van der Waals surface area contributed by atoms with Gasteiger partial charge in [0.05, 0.1) is 11.7 Å². The Bertz CT molecular complexity index is 522. The number of halogens is 3. The lowest BCUT2D eigenvalue weighted by atomic mass is 10.1. The van der Waals surface area contributed by atoms with Crippen molar-refractivity contribution in [2.45, 2.75) is 18.8 Å². The molecule has 2 aromatic rings. The number of aliphatic hydroxyl groups excluding tert-OH is 1. The standard InChI is InChI=1S/C14H14F3NOS/c15-14(16,17)12-3-1-11(2-4-12)13(19)8-18-7-10-5-6-20-9-10/h1-6,9,13,18-19H,7-8H2. The molecule has 0 aliphatic carbocycles. The molecular weight excluding hydrogens is 287 g/mol. The number of rotatable bonds is 5. The van der Waals surface area contributed by atoms with Crippen molar-refractivity contribution in [3.05, 3.63) is 57.8 Å². The van der Waals surface area contributed by atoms with E-state index in [9.17, 15) is 18.3 Å². The third kappa shape index (κ3) is 4.06. The predicted octanol–water partition coefficient (Wildman–Crippen LogP) is 3.59. The van der Waals surface area contributed by atoms with Gasteiger partial charge in [-0.2, -0.15) is 24.5 Å². The van der Waals surface area contributed by atoms with Gasteiger partial charge < -0.3 is 10.4 Å². The van der Waals surface area contributed by atoms with Gasteiger partial charge in [0.15, 0.2) is 0 Å². The minimum atomic E-state index is -4.35. The average molecular weight is 301 g/mol. The monoisotopic (exact) mass is 301 g/mol. The van der Waals surface area contributed by atoms with Gasteiger partial charge in [-0.05, 0) is 40.1 Å². The summed E-state index contributed by atoms with van der Waals surface area (Å²) in [6, 6.07) is 6.55. The quantitative estimate of drug-likeness (QED) is 0.884. The second-order valence-electron chi connectivity index (χ2n) is 4.40. The highest BCUT2D eigenvalue weighted by Gasteiger charge is 2.30. The van der Waals surface area contributed by atoms with Crippen LogP contribution in [0.15, 0.2) is 41.1 Å². The zero-order chi connectivity index (χ0) is 14.6. The lowest BCUT2D eigenvalue weighted by molar-refractivity contribution is -0.137. The van der Waals surface area contributed by atoms with E-state index in [0.29, 0.717) is 18.7 Å². The number of benzene rings is 1. The van der Waals surface area contributed by atoms with Crippen molar-refractivity contribution < 1.29 is 18.3 Å². The highest BCUT2D eigenvalue weighted by Crippen LogP contribution is 2.29. The number of alkyl halides is 3. The van der Waals surface area contributed by atoms with Crippen LogP contribution in [-0.4, -0.2) is 11.7 Å². The largest absolute Gasteiger partial charge is 0.416 e. The summed E-state index contributed by atoms with van der Waals surface area (Å²) in [6.45, 7) is 0.919. The molecule has 0 saturated heterocycles. The molecule has 1 heterocycles. The van der Waals surface area contributed by atoms with Crippen LogP contribution >= 0.6 is 11.3 Å². The van der Waals surface area contributed by atoms with Gasteiger partial charge in [0.2, 0.25) is 0 Å². The lowest BCUT2D eigenvalue weighted by Crippen LogP contribution is -2.20. The molecule has 1 atom stereocenters. The molecule has 2 N–H and O–H groups in total. The van der Waals surface area contributed by atoms with Gasteiger partial charge in [-0.25, -0.2) is 0 Å². The minimum Gasteiger partial charge on any atom is -0.387 e. The van der Waals surface area contributed by atoms with Crippen LogP contribution in [0.3, 0.4) is 0 Å². The summed E-state index contributed by atoms with van der Waals surface area (Å²) in [7, 11) is 0. The molecule has 1 unspecified atom stereocenters. The Morgan fingerprint density at radius 1 is 1.15 bits per heavy atom. The third-order valence-corrected chi connectivity index (χ3v) is 3.60. The van der Waals surface area contributed by atoms with E-state index in [1.54, 1.807) is 11.3 Å². The normalized spacial score (nSPS) is 13.4. The predicted molar refractivity (Wildman–Crippen MR) is 72.4 cm³/mol. The zero-order valence-electron chi connectivity index (χ0n) is 10.5. The van der Waals surface area contributed by atoms with Crippen LogP contribution in [0, 0.1) is 0 Å². The summed E-state index contributed by atoms with van der Waals surface area (Å²) in [6.07, 6.45) is -5.17. The van der Waals surface area contributed by atoms with Gasteiger partial charge in [-0.3, -0.25) is 0 Å². The molecule has 0 spiro atoms. The third-order valence-electron chi connectivity index (χ3n) is 2.87. The van der Waals surface area contributed by atoms with Crippen molar-refractivity contribution >= 4 is 11.3 Å². The fourth-order valence-electron chi connectivity index (χ4n) is 1.76. The lowest BCUT2D eigenvalue weighted by Gasteiger charge is -2.13. The van der Waals surface area contributed by atoms with Crippen molar-refractivity contribution in [2.75, 3.05) is 6.54 Å². The molecule has 0 aliphatic rings. The Balaban J connectivity index is 1.87. The maximum absolute atomic E-state index is 12.4. The van der Waals surface area contributed by atoms with E-state index in [-0.39, 0.29) is 0 Å². The van der Waals surface area contributed by atoms with Gasteiger partial charge in [0.25, 0.3) is 0 Å². The number of hydrogen-bond donors (Lipinski definition) is 2. The maximum Gasteiger partial charge on any atom is 0.416 e. The van der Waals surface area contributed by atoms with E-state index in [2.05, 4.69) is 5.32 Å². The minimum absolute atomic E-state index is 0.293. The molecule has 6 heteroatoms. The molecule has 1 aromatic carbocycles. The van der Waals surface area contributed by atoms with E-state index in [1.165, 1.54) is 12.1 Å². The van der Waals surface area contributed by atoms with Crippen molar-refractivity contribution in [3.8, 4) is 0 Å². The summed E-state index contributed by atoms with van der Waals surface area (Å²) < 4.78 is 37.2. The number of aliphatic hydroxyl groups is 1. The first-order valence-corrected chi connectivity index (χ1v) is 6.98. The van der Waals surface area contributed by atoms with E-state index in [1.807, 2.05) is 16.8 Å². The molecule has 20 heavy (non-hydrogen) atoms. The average Bonchev–Trinajstić information content (AvgIpc) is 2.91. The van der Waals surface area contributed by atoms with Gasteiger partial charge in [-0.1, -0.05) is 12.1 Å². The second kappa shape index (κ2) is 6.39. The number of thiophene rings is 1. The molecule has 1 aromatic heterocycles. The summed E-state index contributed by atoms with van der Waals surface area (Å²) in [5.74, 6) is 0. The van der Waals surface area contributed by atoms with E-state index < -0.39 is 17.8 Å².